The van der Waals surface area contributed by atoms with Crippen molar-refractivity contribution in [3.05, 3.63) is 54.2 Å². The first-order chi connectivity index (χ1) is 9.12. The number of nitrogens with zero attached hydrogens (tertiary/aromatic N) is 1. The number of pyridine rings is 1. The normalized spacial score (nSPS) is 11.2. The average molecular weight is 276 g/mol. The molecule has 0 aliphatic heterocycles. The van der Waals surface area contributed by atoms with E-state index in [0.29, 0.717) is 5.82 Å². The van der Waals surface area contributed by atoms with Gasteiger partial charge >= 0.3 is 0 Å². The Morgan fingerprint density at radius 2 is 1.84 bits per heavy atom. The van der Waals surface area contributed by atoms with E-state index in [-0.39, 0.29) is 4.90 Å². The zero-order chi connectivity index (χ0) is 13.7. The van der Waals surface area contributed by atoms with Gasteiger partial charge in [0.1, 0.15) is 5.82 Å². The first-order valence-corrected chi connectivity index (χ1v) is 7.63. The molecule has 0 fully saturated rings. The molecule has 1 heterocycles. The predicted octanol–water partition coefficient (Wildman–Crippen LogP) is 2.83. The highest BCUT2D eigenvalue weighted by Gasteiger charge is 2.14. The van der Waals surface area contributed by atoms with E-state index >= 15 is 0 Å². The van der Waals surface area contributed by atoms with E-state index < -0.39 is 10.0 Å². The highest BCUT2D eigenvalue weighted by Crippen LogP contribution is 2.15. The fourth-order valence-electron chi connectivity index (χ4n) is 1.74. The van der Waals surface area contributed by atoms with Gasteiger partial charge in [-0.05, 0) is 36.2 Å². The van der Waals surface area contributed by atoms with Gasteiger partial charge < -0.3 is 0 Å². The van der Waals surface area contributed by atoms with Crippen LogP contribution in [-0.2, 0) is 16.4 Å². The summed E-state index contributed by atoms with van der Waals surface area (Å²) in [6.07, 6.45) is 3.54. The van der Waals surface area contributed by atoms with Gasteiger partial charge in [-0.15, -0.1) is 0 Å². The Hall–Kier alpha value is -1.88. The van der Waals surface area contributed by atoms with Crippen molar-refractivity contribution in [1.29, 1.82) is 0 Å². The lowest BCUT2D eigenvalue weighted by Gasteiger charge is -2.07. The Morgan fingerprint density at radius 3 is 2.42 bits per heavy atom. The van der Waals surface area contributed by atoms with E-state index in [1.165, 1.54) is 0 Å². The molecule has 0 atom stereocenters. The van der Waals surface area contributed by atoms with E-state index in [0.717, 1.165) is 18.4 Å². The van der Waals surface area contributed by atoms with Gasteiger partial charge in [-0.3, -0.25) is 4.72 Å². The van der Waals surface area contributed by atoms with Crippen LogP contribution in [-0.4, -0.2) is 13.4 Å². The minimum absolute atomic E-state index is 0.248. The fraction of sp³-hybridized carbons (Fsp3) is 0.214. The largest absolute Gasteiger partial charge is 0.263 e. The van der Waals surface area contributed by atoms with Crippen LogP contribution in [0.15, 0.2) is 53.6 Å². The van der Waals surface area contributed by atoms with Crippen molar-refractivity contribution < 1.29 is 8.42 Å². The topological polar surface area (TPSA) is 59.1 Å². The maximum Gasteiger partial charge on any atom is 0.263 e. The minimum Gasteiger partial charge on any atom is -0.263 e. The number of rotatable bonds is 5. The third kappa shape index (κ3) is 3.54. The maximum atomic E-state index is 12.1. The van der Waals surface area contributed by atoms with Crippen LogP contribution in [0.3, 0.4) is 0 Å². The molecule has 0 bridgehead atoms. The molecular formula is C14H16N2O2S. The number of benzene rings is 1. The zero-order valence-corrected chi connectivity index (χ0v) is 11.5. The summed E-state index contributed by atoms with van der Waals surface area (Å²) in [6, 6.07) is 12.0. The molecule has 0 spiro atoms. The molecule has 4 nitrogen and oxygen atoms in total. The number of aromatic nitrogens is 1. The third-order valence-electron chi connectivity index (χ3n) is 2.68. The van der Waals surface area contributed by atoms with E-state index in [1.54, 1.807) is 36.5 Å². The molecule has 0 amide bonds. The molecule has 0 aliphatic carbocycles. The minimum atomic E-state index is -3.56. The van der Waals surface area contributed by atoms with Crippen molar-refractivity contribution in [3.63, 3.8) is 0 Å². The van der Waals surface area contributed by atoms with Crippen molar-refractivity contribution in [2.24, 2.45) is 0 Å². The van der Waals surface area contributed by atoms with Crippen LogP contribution in [0, 0.1) is 0 Å². The molecule has 0 saturated carbocycles. The first-order valence-electron chi connectivity index (χ1n) is 6.14. The van der Waals surface area contributed by atoms with Gasteiger partial charge in [0.05, 0.1) is 4.90 Å². The van der Waals surface area contributed by atoms with E-state index in [2.05, 4.69) is 16.6 Å². The summed E-state index contributed by atoms with van der Waals surface area (Å²) < 4.78 is 26.7. The van der Waals surface area contributed by atoms with Gasteiger partial charge in [-0.1, -0.05) is 31.5 Å². The monoisotopic (exact) mass is 276 g/mol. The summed E-state index contributed by atoms with van der Waals surface area (Å²) in [4.78, 5) is 4.19. The van der Waals surface area contributed by atoms with Crippen molar-refractivity contribution in [2.75, 3.05) is 4.72 Å². The molecule has 5 heteroatoms. The highest BCUT2D eigenvalue weighted by molar-refractivity contribution is 7.92. The van der Waals surface area contributed by atoms with Crippen molar-refractivity contribution in [3.8, 4) is 0 Å². The zero-order valence-electron chi connectivity index (χ0n) is 10.7. The Balaban J connectivity index is 2.20. The smallest absolute Gasteiger partial charge is 0.263 e. The van der Waals surface area contributed by atoms with Crippen molar-refractivity contribution in [1.82, 2.24) is 4.98 Å². The second-order valence-corrected chi connectivity index (χ2v) is 5.90. The Bertz CT molecular complexity index is 622. The van der Waals surface area contributed by atoms with Gasteiger partial charge in [0.15, 0.2) is 0 Å². The summed E-state index contributed by atoms with van der Waals surface area (Å²) in [5.74, 6) is 0.320. The first kappa shape index (κ1) is 13.5. The second kappa shape index (κ2) is 5.84. The molecule has 1 N–H and O–H groups in total. The van der Waals surface area contributed by atoms with Crippen molar-refractivity contribution in [2.45, 2.75) is 24.7 Å². The SMILES string of the molecule is CCCc1ccc(S(=O)(=O)Nc2ccccn2)cc1. The third-order valence-corrected chi connectivity index (χ3v) is 4.05. The van der Waals surface area contributed by atoms with Gasteiger partial charge in [-0.2, -0.15) is 0 Å². The molecular weight excluding hydrogens is 260 g/mol. The molecule has 0 radical (unpaired) electrons. The Morgan fingerprint density at radius 1 is 1.11 bits per heavy atom. The number of anilines is 1. The number of nitrogens with one attached hydrogen (secondary N) is 1. The highest BCUT2D eigenvalue weighted by atomic mass is 32.2. The van der Waals surface area contributed by atoms with Gasteiger partial charge in [-0.25, -0.2) is 13.4 Å². The summed E-state index contributed by atoms with van der Waals surface area (Å²) in [5, 5.41) is 0. The molecule has 0 aliphatic rings. The average Bonchev–Trinajstić information content (AvgIpc) is 2.40. The molecule has 0 saturated heterocycles. The Kier molecular flexibility index (Phi) is 4.16. The quantitative estimate of drug-likeness (QED) is 0.913. The van der Waals surface area contributed by atoms with Crippen LogP contribution in [0.25, 0.3) is 0 Å². The van der Waals surface area contributed by atoms with E-state index in [9.17, 15) is 8.42 Å². The molecule has 0 unspecified atom stereocenters. The van der Waals surface area contributed by atoms with Crippen LogP contribution in [0.4, 0.5) is 5.82 Å². The molecule has 2 rings (SSSR count). The maximum absolute atomic E-state index is 12.1. The second-order valence-electron chi connectivity index (χ2n) is 4.21. The van der Waals surface area contributed by atoms with E-state index in [1.807, 2.05) is 12.1 Å². The molecule has 1 aromatic heterocycles. The van der Waals surface area contributed by atoms with Crippen LogP contribution in [0.1, 0.15) is 18.9 Å². The van der Waals surface area contributed by atoms with Crippen LogP contribution < -0.4 is 4.72 Å². The number of sulfonamides is 1. The lowest BCUT2D eigenvalue weighted by atomic mass is 10.1. The summed E-state index contributed by atoms with van der Waals surface area (Å²) in [5.41, 5.74) is 1.14. The van der Waals surface area contributed by atoms with Gasteiger partial charge in [0.2, 0.25) is 0 Å². The summed E-state index contributed by atoms with van der Waals surface area (Å²) in [7, 11) is -3.56. The van der Waals surface area contributed by atoms with Crippen LogP contribution in [0.2, 0.25) is 0 Å². The molecule has 19 heavy (non-hydrogen) atoms. The van der Waals surface area contributed by atoms with Gasteiger partial charge in [0.25, 0.3) is 10.0 Å². The fourth-order valence-corrected chi connectivity index (χ4v) is 2.75. The van der Waals surface area contributed by atoms with E-state index in [4.69, 9.17) is 0 Å². The molecule has 100 valence electrons. The number of hydrogen-bond donors (Lipinski definition) is 1. The van der Waals surface area contributed by atoms with Gasteiger partial charge in [0, 0.05) is 6.20 Å². The lowest BCUT2D eigenvalue weighted by molar-refractivity contribution is 0.601. The number of hydrogen-bond acceptors (Lipinski definition) is 3. The standard InChI is InChI=1S/C14H16N2O2S/c1-2-5-12-7-9-13(10-8-12)19(17,18)16-14-6-3-4-11-15-14/h3-4,6-11H,2,5H2,1H3,(H,15,16). The number of aryl methyl sites for hydroxylation is 1. The van der Waals surface area contributed by atoms with Crippen LogP contribution in [0.5, 0.6) is 0 Å². The Labute approximate surface area is 113 Å². The van der Waals surface area contributed by atoms with Crippen LogP contribution >= 0.6 is 0 Å². The molecule has 2 aromatic rings. The predicted molar refractivity (Wildman–Crippen MR) is 75.5 cm³/mol. The molecule has 1 aromatic carbocycles. The lowest BCUT2D eigenvalue weighted by Crippen LogP contribution is -2.13. The van der Waals surface area contributed by atoms with Crippen molar-refractivity contribution >= 4 is 15.8 Å². The summed E-state index contributed by atoms with van der Waals surface area (Å²) >= 11 is 0. The summed E-state index contributed by atoms with van der Waals surface area (Å²) in [6.45, 7) is 2.09.